The van der Waals surface area contributed by atoms with Gasteiger partial charge in [-0.1, -0.05) is 6.92 Å². The van der Waals surface area contributed by atoms with E-state index in [1.807, 2.05) is 6.92 Å². The summed E-state index contributed by atoms with van der Waals surface area (Å²) < 4.78 is 0. The molecule has 3 heteroatoms. The van der Waals surface area contributed by atoms with Gasteiger partial charge in [0.25, 0.3) is 0 Å². The minimum atomic E-state index is -0.749. The summed E-state index contributed by atoms with van der Waals surface area (Å²) in [5, 5.41) is 8.73. The molecule has 1 rings (SSSR count). The molecule has 0 aromatic carbocycles. The lowest BCUT2D eigenvalue weighted by Gasteiger charge is -2.24. The molecule has 0 radical (unpaired) electrons. The molecule has 0 amide bonds. The Morgan fingerprint density at radius 2 is 2.33 bits per heavy atom. The number of carboxylic acid groups (broad SMARTS) is 1. The molecule has 68 valence electrons. The summed E-state index contributed by atoms with van der Waals surface area (Å²) >= 11 is 0. The minimum absolute atomic E-state index is 0.000139. The van der Waals surface area contributed by atoms with Gasteiger partial charge in [-0.2, -0.15) is 0 Å². The molecule has 0 spiro atoms. The molecule has 3 nitrogen and oxygen atoms in total. The quantitative estimate of drug-likeness (QED) is 0.682. The van der Waals surface area contributed by atoms with Gasteiger partial charge >= 0.3 is 5.97 Å². The smallest absolute Gasteiger partial charge is 0.306 e. The van der Waals surface area contributed by atoms with Gasteiger partial charge in [-0.15, -0.1) is 0 Å². The van der Waals surface area contributed by atoms with Crippen molar-refractivity contribution in [3.63, 3.8) is 0 Å². The zero-order valence-electron chi connectivity index (χ0n) is 7.25. The van der Waals surface area contributed by atoms with Crippen LogP contribution in [0.5, 0.6) is 0 Å². The van der Waals surface area contributed by atoms with Crippen molar-refractivity contribution >= 4 is 11.8 Å². The van der Waals surface area contributed by atoms with Crippen molar-refractivity contribution in [2.24, 2.45) is 11.8 Å². The van der Waals surface area contributed by atoms with Crippen molar-refractivity contribution in [1.29, 1.82) is 0 Å². The molecule has 12 heavy (non-hydrogen) atoms. The van der Waals surface area contributed by atoms with Gasteiger partial charge in [0.05, 0.1) is 5.92 Å². The fourth-order valence-electron chi connectivity index (χ4n) is 1.73. The molecule has 1 saturated carbocycles. The first-order chi connectivity index (χ1) is 5.65. The highest BCUT2D eigenvalue weighted by molar-refractivity contribution is 5.84. The SMILES string of the molecule is CCC1CC(C(=O)O)CCC1=O. The summed E-state index contributed by atoms with van der Waals surface area (Å²) in [6, 6.07) is 0. The molecule has 2 atom stereocenters. The molecule has 1 aliphatic rings. The zero-order chi connectivity index (χ0) is 9.14. The van der Waals surface area contributed by atoms with Crippen molar-refractivity contribution in [1.82, 2.24) is 0 Å². The first kappa shape index (κ1) is 9.23. The number of ketones is 1. The maximum atomic E-state index is 11.2. The lowest BCUT2D eigenvalue weighted by atomic mass is 9.79. The van der Waals surface area contributed by atoms with Crippen LogP contribution in [0.25, 0.3) is 0 Å². The van der Waals surface area contributed by atoms with E-state index in [9.17, 15) is 9.59 Å². The van der Waals surface area contributed by atoms with Crippen LogP contribution in [0.4, 0.5) is 0 Å². The number of carbonyl (C=O) groups is 2. The number of rotatable bonds is 2. The van der Waals surface area contributed by atoms with Crippen LogP contribution >= 0.6 is 0 Å². The largest absolute Gasteiger partial charge is 0.481 e. The number of aliphatic carboxylic acids is 1. The van der Waals surface area contributed by atoms with Crippen LogP contribution in [-0.2, 0) is 9.59 Å². The Morgan fingerprint density at radius 1 is 1.67 bits per heavy atom. The van der Waals surface area contributed by atoms with Gasteiger partial charge in [-0.25, -0.2) is 0 Å². The molecule has 0 heterocycles. The average Bonchev–Trinajstić information content (AvgIpc) is 2.05. The third-order valence-electron chi connectivity index (χ3n) is 2.61. The van der Waals surface area contributed by atoms with Gasteiger partial charge in [-0.3, -0.25) is 9.59 Å². The van der Waals surface area contributed by atoms with Crippen molar-refractivity contribution < 1.29 is 14.7 Å². The Kier molecular flexibility index (Phi) is 2.84. The molecule has 1 aliphatic carbocycles. The standard InChI is InChI=1S/C9H14O3/c1-2-6-5-7(9(11)12)3-4-8(6)10/h6-7H,2-5H2,1H3,(H,11,12). The first-order valence-corrected chi connectivity index (χ1v) is 4.40. The van der Waals surface area contributed by atoms with Gasteiger partial charge in [0, 0.05) is 12.3 Å². The van der Waals surface area contributed by atoms with Crippen molar-refractivity contribution in [2.45, 2.75) is 32.6 Å². The predicted molar refractivity (Wildman–Crippen MR) is 43.8 cm³/mol. The van der Waals surface area contributed by atoms with E-state index in [0.717, 1.165) is 6.42 Å². The van der Waals surface area contributed by atoms with Crippen molar-refractivity contribution in [3.05, 3.63) is 0 Å². The first-order valence-electron chi connectivity index (χ1n) is 4.40. The fraction of sp³-hybridized carbons (Fsp3) is 0.778. The summed E-state index contributed by atoms with van der Waals surface area (Å²) in [4.78, 5) is 21.8. The summed E-state index contributed by atoms with van der Waals surface area (Å²) in [6.45, 7) is 1.94. The van der Waals surface area contributed by atoms with Crippen LogP contribution in [0.2, 0.25) is 0 Å². The maximum absolute atomic E-state index is 11.2. The van der Waals surface area contributed by atoms with E-state index in [4.69, 9.17) is 5.11 Å². The maximum Gasteiger partial charge on any atom is 0.306 e. The third kappa shape index (κ3) is 1.84. The zero-order valence-corrected chi connectivity index (χ0v) is 7.25. The van der Waals surface area contributed by atoms with E-state index < -0.39 is 5.97 Å². The van der Waals surface area contributed by atoms with E-state index in [0.29, 0.717) is 19.3 Å². The van der Waals surface area contributed by atoms with Crippen molar-refractivity contribution in [2.75, 3.05) is 0 Å². The normalized spacial score (nSPS) is 30.2. The minimum Gasteiger partial charge on any atom is -0.481 e. The lowest BCUT2D eigenvalue weighted by Crippen LogP contribution is -2.28. The Hall–Kier alpha value is -0.860. The summed E-state index contributed by atoms with van der Waals surface area (Å²) in [6.07, 6.45) is 2.31. The summed E-state index contributed by atoms with van der Waals surface area (Å²) in [5.74, 6) is -0.788. The van der Waals surface area contributed by atoms with Crippen LogP contribution < -0.4 is 0 Å². The van der Waals surface area contributed by atoms with Crippen LogP contribution in [0.1, 0.15) is 32.6 Å². The van der Waals surface area contributed by atoms with E-state index in [1.165, 1.54) is 0 Å². The van der Waals surface area contributed by atoms with Gasteiger partial charge in [-0.05, 0) is 19.3 Å². The average molecular weight is 170 g/mol. The summed E-state index contributed by atoms with van der Waals surface area (Å²) in [7, 11) is 0. The number of Topliss-reactive ketones (excluding diaryl/α,β-unsaturated/α-hetero) is 1. The van der Waals surface area contributed by atoms with Crippen molar-refractivity contribution in [3.8, 4) is 0 Å². The third-order valence-corrected chi connectivity index (χ3v) is 2.61. The van der Waals surface area contributed by atoms with Gasteiger partial charge in [0.1, 0.15) is 5.78 Å². The lowest BCUT2D eigenvalue weighted by molar-refractivity contribution is -0.144. The fourth-order valence-corrected chi connectivity index (χ4v) is 1.73. The van der Waals surface area contributed by atoms with Crippen LogP contribution in [-0.4, -0.2) is 16.9 Å². The van der Waals surface area contributed by atoms with Crippen LogP contribution in [0, 0.1) is 11.8 Å². The Morgan fingerprint density at radius 3 is 2.83 bits per heavy atom. The monoisotopic (exact) mass is 170 g/mol. The van der Waals surface area contributed by atoms with Crippen LogP contribution in [0.3, 0.4) is 0 Å². The second-order valence-electron chi connectivity index (χ2n) is 3.38. The molecule has 0 aromatic rings. The highest BCUT2D eigenvalue weighted by Crippen LogP contribution is 2.28. The molecule has 1 fully saturated rings. The molecule has 0 aromatic heterocycles. The molecular formula is C9H14O3. The molecule has 0 aliphatic heterocycles. The highest BCUT2D eigenvalue weighted by atomic mass is 16.4. The molecule has 2 unspecified atom stereocenters. The predicted octanol–water partition coefficient (Wildman–Crippen LogP) is 1.47. The topological polar surface area (TPSA) is 54.4 Å². The van der Waals surface area contributed by atoms with Gasteiger partial charge in [0.15, 0.2) is 0 Å². The Balaban J connectivity index is 2.55. The highest BCUT2D eigenvalue weighted by Gasteiger charge is 2.30. The van der Waals surface area contributed by atoms with Gasteiger partial charge in [0.2, 0.25) is 0 Å². The molecular weight excluding hydrogens is 156 g/mol. The van der Waals surface area contributed by atoms with E-state index in [1.54, 1.807) is 0 Å². The molecule has 1 N–H and O–H groups in total. The number of carboxylic acids is 1. The number of hydrogen-bond acceptors (Lipinski definition) is 2. The van der Waals surface area contributed by atoms with E-state index >= 15 is 0 Å². The summed E-state index contributed by atoms with van der Waals surface area (Å²) in [5.41, 5.74) is 0. The molecule has 0 saturated heterocycles. The van der Waals surface area contributed by atoms with E-state index in [-0.39, 0.29) is 17.6 Å². The Bertz CT molecular complexity index is 198. The second kappa shape index (κ2) is 3.70. The second-order valence-corrected chi connectivity index (χ2v) is 3.38. The van der Waals surface area contributed by atoms with E-state index in [2.05, 4.69) is 0 Å². The van der Waals surface area contributed by atoms with Crippen LogP contribution in [0.15, 0.2) is 0 Å². The Labute approximate surface area is 71.8 Å². The number of carbonyl (C=O) groups excluding carboxylic acids is 1. The molecule has 0 bridgehead atoms. The van der Waals surface area contributed by atoms with Gasteiger partial charge < -0.3 is 5.11 Å². The number of hydrogen-bond donors (Lipinski definition) is 1.